The minimum atomic E-state index is -0.0840. The summed E-state index contributed by atoms with van der Waals surface area (Å²) < 4.78 is 5.10. The van der Waals surface area contributed by atoms with Crippen LogP contribution in [0, 0.1) is 5.41 Å². The number of carbonyl (C=O) groups excluding carboxylic acids is 1. The lowest BCUT2D eigenvalue weighted by Crippen LogP contribution is -2.34. The van der Waals surface area contributed by atoms with Crippen molar-refractivity contribution in [3.8, 4) is 0 Å². The van der Waals surface area contributed by atoms with Crippen LogP contribution >= 0.6 is 0 Å². The molecular weight excluding hydrogens is 154 g/mol. The Kier molecular flexibility index (Phi) is 2.73. The number of carbonyl (C=O) groups is 1. The molecule has 1 aliphatic heterocycles. The predicted molar refractivity (Wildman–Crippen MR) is 46.6 cm³/mol. The number of amides is 1. The summed E-state index contributed by atoms with van der Waals surface area (Å²) in [5, 5.41) is 2.82. The molecule has 1 N–H and O–H groups in total. The van der Waals surface area contributed by atoms with Gasteiger partial charge < -0.3 is 10.1 Å². The van der Waals surface area contributed by atoms with Gasteiger partial charge in [-0.05, 0) is 18.3 Å². The molecule has 0 bridgehead atoms. The minimum Gasteiger partial charge on any atom is -0.362 e. The molecule has 1 saturated heterocycles. The number of hydrogen-bond donors (Lipinski definition) is 1. The Labute approximate surface area is 73.5 Å². The summed E-state index contributed by atoms with van der Waals surface area (Å²) in [6, 6.07) is 0. The first-order chi connectivity index (χ1) is 5.53. The van der Waals surface area contributed by atoms with Gasteiger partial charge in [0.05, 0.1) is 0 Å². The summed E-state index contributed by atoms with van der Waals surface area (Å²) in [5.74, 6) is 0.101. The quantitative estimate of drug-likeness (QED) is 0.645. The van der Waals surface area contributed by atoms with Crippen LogP contribution in [0.2, 0.25) is 0 Å². The molecule has 1 aliphatic rings. The zero-order valence-corrected chi connectivity index (χ0v) is 8.02. The minimum absolute atomic E-state index is 0.0840. The SMILES string of the molecule is COC1CCC(C)(C)CC(=O)N1. The number of rotatable bonds is 1. The van der Waals surface area contributed by atoms with E-state index in [2.05, 4.69) is 19.2 Å². The summed E-state index contributed by atoms with van der Waals surface area (Å²) in [6.07, 6.45) is 2.46. The summed E-state index contributed by atoms with van der Waals surface area (Å²) in [7, 11) is 1.63. The van der Waals surface area contributed by atoms with Crippen LogP contribution in [0.25, 0.3) is 0 Å². The lowest BCUT2D eigenvalue weighted by atomic mass is 9.85. The highest BCUT2D eigenvalue weighted by Gasteiger charge is 2.28. The van der Waals surface area contributed by atoms with Gasteiger partial charge in [0.15, 0.2) is 0 Å². The normalized spacial score (nSPS) is 29.2. The third-order valence-electron chi connectivity index (χ3n) is 2.33. The first-order valence-corrected chi connectivity index (χ1v) is 4.36. The second kappa shape index (κ2) is 3.44. The predicted octanol–water partition coefficient (Wildman–Crippen LogP) is 1.29. The van der Waals surface area contributed by atoms with E-state index in [1.165, 1.54) is 0 Å². The molecule has 0 aliphatic carbocycles. The van der Waals surface area contributed by atoms with E-state index in [4.69, 9.17) is 4.74 Å². The van der Waals surface area contributed by atoms with Gasteiger partial charge in [0.25, 0.3) is 0 Å². The maximum atomic E-state index is 11.3. The van der Waals surface area contributed by atoms with Gasteiger partial charge >= 0.3 is 0 Å². The van der Waals surface area contributed by atoms with E-state index in [9.17, 15) is 4.79 Å². The van der Waals surface area contributed by atoms with E-state index in [0.717, 1.165) is 12.8 Å². The Bertz CT molecular complexity index is 177. The fraction of sp³-hybridized carbons (Fsp3) is 0.889. The van der Waals surface area contributed by atoms with E-state index in [0.29, 0.717) is 6.42 Å². The van der Waals surface area contributed by atoms with Crippen molar-refractivity contribution >= 4 is 5.91 Å². The molecule has 1 unspecified atom stereocenters. The van der Waals surface area contributed by atoms with E-state index in [1.807, 2.05) is 0 Å². The Hall–Kier alpha value is -0.570. The number of ether oxygens (including phenoxy) is 1. The monoisotopic (exact) mass is 171 g/mol. The van der Waals surface area contributed by atoms with E-state index < -0.39 is 0 Å². The molecule has 0 aromatic heterocycles. The van der Waals surface area contributed by atoms with Crippen LogP contribution in [0.5, 0.6) is 0 Å². The lowest BCUT2D eigenvalue weighted by molar-refractivity contribution is -0.125. The summed E-state index contributed by atoms with van der Waals surface area (Å²) in [5.41, 5.74) is 0.122. The fourth-order valence-corrected chi connectivity index (χ4v) is 1.52. The first kappa shape index (κ1) is 9.52. The molecule has 1 fully saturated rings. The first-order valence-electron chi connectivity index (χ1n) is 4.36. The highest BCUT2D eigenvalue weighted by Crippen LogP contribution is 2.29. The van der Waals surface area contributed by atoms with Crippen molar-refractivity contribution in [2.24, 2.45) is 5.41 Å². The van der Waals surface area contributed by atoms with Gasteiger partial charge in [-0.25, -0.2) is 0 Å². The van der Waals surface area contributed by atoms with Gasteiger partial charge in [-0.1, -0.05) is 13.8 Å². The molecule has 3 heteroatoms. The van der Waals surface area contributed by atoms with Crippen LogP contribution in [0.15, 0.2) is 0 Å². The zero-order chi connectivity index (χ0) is 9.19. The third kappa shape index (κ3) is 2.48. The second-order valence-corrected chi connectivity index (χ2v) is 4.17. The van der Waals surface area contributed by atoms with Crippen LogP contribution in [0.4, 0.5) is 0 Å². The smallest absolute Gasteiger partial charge is 0.222 e. The highest BCUT2D eigenvalue weighted by atomic mass is 16.5. The largest absolute Gasteiger partial charge is 0.362 e. The zero-order valence-electron chi connectivity index (χ0n) is 8.02. The maximum absolute atomic E-state index is 11.3. The van der Waals surface area contributed by atoms with Crippen LogP contribution in [-0.4, -0.2) is 19.2 Å². The van der Waals surface area contributed by atoms with Crippen molar-refractivity contribution in [1.29, 1.82) is 0 Å². The van der Waals surface area contributed by atoms with Gasteiger partial charge in [0.2, 0.25) is 5.91 Å². The number of methoxy groups -OCH3 is 1. The third-order valence-corrected chi connectivity index (χ3v) is 2.33. The van der Waals surface area contributed by atoms with E-state index in [-0.39, 0.29) is 17.6 Å². The molecule has 1 atom stereocenters. The molecule has 1 heterocycles. The molecule has 1 amide bonds. The topological polar surface area (TPSA) is 38.3 Å². The van der Waals surface area contributed by atoms with Gasteiger partial charge in [-0.3, -0.25) is 4.79 Å². The van der Waals surface area contributed by atoms with Crippen LogP contribution in [0.3, 0.4) is 0 Å². The van der Waals surface area contributed by atoms with Gasteiger partial charge in [0.1, 0.15) is 6.23 Å². The summed E-state index contributed by atoms with van der Waals surface area (Å²) in [4.78, 5) is 11.3. The molecule has 1 rings (SSSR count). The molecular formula is C9H17NO2. The van der Waals surface area contributed by atoms with Gasteiger partial charge in [0, 0.05) is 13.5 Å². The standard InChI is InChI=1S/C9H17NO2/c1-9(2)5-4-8(12-3)10-7(11)6-9/h8H,4-6H2,1-3H3,(H,10,11). The lowest BCUT2D eigenvalue weighted by Gasteiger charge is -2.19. The molecule has 0 aromatic rings. The maximum Gasteiger partial charge on any atom is 0.222 e. The Morgan fingerprint density at radius 2 is 2.25 bits per heavy atom. The second-order valence-electron chi connectivity index (χ2n) is 4.17. The Morgan fingerprint density at radius 3 is 2.83 bits per heavy atom. The molecule has 12 heavy (non-hydrogen) atoms. The number of nitrogens with one attached hydrogen (secondary N) is 1. The molecule has 70 valence electrons. The summed E-state index contributed by atoms with van der Waals surface area (Å²) in [6.45, 7) is 4.23. The molecule has 0 spiro atoms. The molecule has 0 saturated carbocycles. The highest BCUT2D eigenvalue weighted by molar-refractivity contribution is 5.77. The van der Waals surface area contributed by atoms with Crippen molar-refractivity contribution in [3.63, 3.8) is 0 Å². The van der Waals surface area contributed by atoms with Crippen molar-refractivity contribution in [3.05, 3.63) is 0 Å². The van der Waals surface area contributed by atoms with Crippen molar-refractivity contribution in [1.82, 2.24) is 5.32 Å². The molecule has 3 nitrogen and oxygen atoms in total. The van der Waals surface area contributed by atoms with Crippen molar-refractivity contribution in [2.45, 2.75) is 39.3 Å². The molecule has 0 aromatic carbocycles. The Morgan fingerprint density at radius 1 is 1.58 bits per heavy atom. The van der Waals surface area contributed by atoms with Crippen LogP contribution < -0.4 is 5.32 Å². The average Bonchev–Trinajstić information content (AvgIpc) is 2.07. The van der Waals surface area contributed by atoms with Crippen molar-refractivity contribution < 1.29 is 9.53 Å². The Balaban J connectivity index is 2.59. The van der Waals surface area contributed by atoms with E-state index >= 15 is 0 Å². The van der Waals surface area contributed by atoms with Crippen molar-refractivity contribution in [2.75, 3.05) is 7.11 Å². The van der Waals surface area contributed by atoms with Gasteiger partial charge in [-0.2, -0.15) is 0 Å². The number of hydrogen-bond acceptors (Lipinski definition) is 2. The van der Waals surface area contributed by atoms with Crippen LogP contribution in [-0.2, 0) is 9.53 Å². The average molecular weight is 171 g/mol. The summed E-state index contributed by atoms with van der Waals surface area (Å²) >= 11 is 0. The van der Waals surface area contributed by atoms with Gasteiger partial charge in [-0.15, -0.1) is 0 Å². The van der Waals surface area contributed by atoms with Crippen LogP contribution in [0.1, 0.15) is 33.1 Å². The fourth-order valence-electron chi connectivity index (χ4n) is 1.52. The molecule has 0 radical (unpaired) electrons. The van der Waals surface area contributed by atoms with E-state index in [1.54, 1.807) is 7.11 Å².